The van der Waals surface area contributed by atoms with Crippen LogP contribution < -0.4 is 5.32 Å². The molecule has 2 fully saturated rings. The lowest BCUT2D eigenvalue weighted by Gasteiger charge is -2.34. The quantitative estimate of drug-likeness (QED) is 0.924. The molecule has 2 aliphatic heterocycles. The summed E-state index contributed by atoms with van der Waals surface area (Å²) in [5, 5.41) is 3.29. The number of likely N-dealkylation sites (tertiary alicyclic amines) is 2. The smallest absolute Gasteiger partial charge is 0.223 e. The van der Waals surface area contributed by atoms with Crippen molar-refractivity contribution in [3.63, 3.8) is 0 Å². The van der Waals surface area contributed by atoms with Gasteiger partial charge in [-0.25, -0.2) is 0 Å². The largest absolute Gasteiger partial charge is 0.353 e. The van der Waals surface area contributed by atoms with Gasteiger partial charge in [-0.1, -0.05) is 30.3 Å². The summed E-state index contributed by atoms with van der Waals surface area (Å²) in [6, 6.07) is 11.0. The van der Waals surface area contributed by atoms with Gasteiger partial charge in [-0.15, -0.1) is 0 Å². The van der Waals surface area contributed by atoms with Crippen LogP contribution in [0.1, 0.15) is 31.2 Å². The molecule has 0 spiro atoms. The lowest BCUT2D eigenvalue weighted by molar-refractivity contribution is -0.127. The van der Waals surface area contributed by atoms with E-state index in [-0.39, 0.29) is 5.92 Å². The first kappa shape index (κ1) is 16.5. The molecule has 23 heavy (non-hydrogen) atoms. The van der Waals surface area contributed by atoms with Crippen molar-refractivity contribution in [1.82, 2.24) is 15.1 Å². The van der Waals surface area contributed by atoms with Crippen molar-refractivity contribution < 1.29 is 4.79 Å². The van der Waals surface area contributed by atoms with Gasteiger partial charge in [0.05, 0.1) is 0 Å². The molecule has 4 heteroatoms. The van der Waals surface area contributed by atoms with E-state index in [0.29, 0.717) is 11.9 Å². The highest BCUT2D eigenvalue weighted by atomic mass is 16.1. The highest BCUT2D eigenvalue weighted by molar-refractivity contribution is 5.79. The van der Waals surface area contributed by atoms with Gasteiger partial charge in [-0.05, 0) is 64.5 Å². The zero-order chi connectivity index (χ0) is 16.1. The Bertz CT molecular complexity index is 489. The zero-order valence-corrected chi connectivity index (χ0v) is 14.2. The highest BCUT2D eigenvalue weighted by Crippen LogP contribution is 2.20. The number of rotatable bonds is 4. The number of nitrogens with one attached hydrogen (secondary N) is 1. The van der Waals surface area contributed by atoms with Gasteiger partial charge in [-0.2, -0.15) is 0 Å². The molecular formula is C19H29N3O. The van der Waals surface area contributed by atoms with Crippen LogP contribution in [-0.2, 0) is 11.3 Å². The SMILES string of the molecule is CN1CCC(NC(=O)C2CCN(Cc3ccccc3)CC2)CC1. The molecule has 0 saturated carbocycles. The topological polar surface area (TPSA) is 35.6 Å². The average molecular weight is 315 g/mol. The molecule has 0 aliphatic carbocycles. The molecule has 2 aliphatic rings. The number of carbonyl (C=O) groups excluding carboxylic acids is 1. The number of benzene rings is 1. The minimum atomic E-state index is 0.210. The van der Waals surface area contributed by atoms with Crippen LogP contribution in [0.5, 0.6) is 0 Å². The Morgan fingerprint density at radius 1 is 1.04 bits per heavy atom. The van der Waals surface area contributed by atoms with Crippen molar-refractivity contribution in [3.8, 4) is 0 Å². The predicted octanol–water partition coefficient (Wildman–Crippen LogP) is 2.11. The minimum absolute atomic E-state index is 0.210. The van der Waals surface area contributed by atoms with E-state index in [0.717, 1.165) is 58.4 Å². The minimum Gasteiger partial charge on any atom is -0.353 e. The van der Waals surface area contributed by atoms with Crippen molar-refractivity contribution in [3.05, 3.63) is 35.9 Å². The van der Waals surface area contributed by atoms with Crippen LogP contribution >= 0.6 is 0 Å². The zero-order valence-electron chi connectivity index (χ0n) is 14.2. The van der Waals surface area contributed by atoms with E-state index in [2.05, 4.69) is 52.5 Å². The standard InChI is InChI=1S/C19H29N3O/c1-21-11-9-18(10-12-21)20-19(23)17-7-13-22(14-8-17)15-16-5-3-2-4-6-16/h2-6,17-18H,7-15H2,1H3,(H,20,23). The third kappa shape index (κ3) is 4.79. The Kier molecular flexibility index (Phi) is 5.68. The number of carbonyl (C=O) groups is 1. The Hall–Kier alpha value is -1.39. The number of piperidine rings is 2. The predicted molar refractivity (Wildman–Crippen MR) is 93.1 cm³/mol. The van der Waals surface area contributed by atoms with E-state index in [9.17, 15) is 4.79 Å². The lowest BCUT2D eigenvalue weighted by atomic mass is 9.94. The van der Waals surface area contributed by atoms with Gasteiger partial charge in [0, 0.05) is 18.5 Å². The molecule has 0 atom stereocenters. The maximum Gasteiger partial charge on any atom is 0.223 e. The fraction of sp³-hybridized carbons (Fsp3) is 0.632. The molecule has 2 saturated heterocycles. The molecule has 2 heterocycles. The van der Waals surface area contributed by atoms with Crippen LogP contribution in [0, 0.1) is 5.92 Å². The van der Waals surface area contributed by atoms with E-state index < -0.39 is 0 Å². The van der Waals surface area contributed by atoms with Crippen LogP contribution in [0.15, 0.2) is 30.3 Å². The molecule has 126 valence electrons. The Labute approximate surface area is 139 Å². The Morgan fingerprint density at radius 2 is 1.70 bits per heavy atom. The number of amides is 1. The Morgan fingerprint density at radius 3 is 2.35 bits per heavy atom. The van der Waals surface area contributed by atoms with E-state index in [1.165, 1.54) is 5.56 Å². The van der Waals surface area contributed by atoms with Crippen LogP contribution in [-0.4, -0.2) is 55.0 Å². The molecule has 0 bridgehead atoms. The average Bonchev–Trinajstić information content (AvgIpc) is 2.58. The van der Waals surface area contributed by atoms with E-state index >= 15 is 0 Å². The van der Waals surface area contributed by atoms with E-state index in [1.807, 2.05) is 0 Å². The molecule has 1 aromatic carbocycles. The van der Waals surface area contributed by atoms with Crippen molar-refractivity contribution in [2.45, 2.75) is 38.3 Å². The second-order valence-electron chi connectivity index (χ2n) is 7.12. The van der Waals surface area contributed by atoms with Crippen molar-refractivity contribution in [2.24, 2.45) is 5.92 Å². The molecule has 3 rings (SSSR count). The van der Waals surface area contributed by atoms with Gasteiger partial charge < -0.3 is 10.2 Å². The summed E-state index contributed by atoms with van der Waals surface area (Å²) in [6.45, 7) is 5.26. The third-order valence-electron chi connectivity index (χ3n) is 5.27. The first-order chi connectivity index (χ1) is 11.2. The number of hydrogen-bond acceptors (Lipinski definition) is 3. The van der Waals surface area contributed by atoms with Gasteiger partial charge in [0.25, 0.3) is 0 Å². The molecule has 4 nitrogen and oxygen atoms in total. The molecule has 0 unspecified atom stereocenters. The monoisotopic (exact) mass is 315 g/mol. The normalized spacial score (nSPS) is 22.1. The van der Waals surface area contributed by atoms with Gasteiger partial charge >= 0.3 is 0 Å². The summed E-state index contributed by atoms with van der Waals surface area (Å²) in [7, 11) is 2.15. The molecule has 1 amide bonds. The molecule has 0 radical (unpaired) electrons. The Balaban J connectivity index is 1.40. The molecule has 1 aromatic rings. The van der Waals surface area contributed by atoms with Crippen LogP contribution in [0.3, 0.4) is 0 Å². The fourth-order valence-electron chi connectivity index (χ4n) is 3.67. The van der Waals surface area contributed by atoms with Crippen LogP contribution in [0.25, 0.3) is 0 Å². The van der Waals surface area contributed by atoms with Crippen molar-refractivity contribution in [1.29, 1.82) is 0 Å². The summed E-state index contributed by atoms with van der Waals surface area (Å²) in [5.41, 5.74) is 1.36. The van der Waals surface area contributed by atoms with E-state index in [4.69, 9.17) is 0 Å². The summed E-state index contributed by atoms with van der Waals surface area (Å²) in [6.07, 6.45) is 4.17. The second-order valence-corrected chi connectivity index (χ2v) is 7.12. The highest BCUT2D eigenvalue weighted by Gasteiger charge is 2.27. The van der Waals surface area contributed by atoms with Gasteiger partial charge in [-0.3, -0.25) is 9.69 Å². The maximum atomic E-state index is 12.5. The van der Waals surface area contributed by atoms with E-state index in [1.54, 1.807) is 0 Å². The summed E-state index contributed by atoms with van der Waals surface area (Å²) in [5.74, 6) is 0.501. The summed E-state index contributed by atoms with van der Waals surface area (Å²) >= 11 is 0. The van der Waals surface area contributed by atoms with Crippen LogP contribution in [0.4, 0.5) is 0 Å². The second kappa shape index (κ2) is 7.93. The fourth-order valence-corrected chi connectivity index (χ4v) is 3.67. The number of nitrogens with zero attached hydrogens (tertiary/aromatic N) is 2. The lowest BCUT2D eigenvalue weighted by Crippen LogP contribution is -2.47. The first-order valence-corrected chi connectivity index (χ1v) is 8.96. The summed E-state index contributed by atoms with van der Waals surface area (Å²) in [4.78, 5) is 17.3. The summed E-state index contributed by atoms with van der Waals surface area (Å²) < 4.78 is 0. The first-order valence-electron chi connectivity index (χ1n) is 8.96. The van der Waals surface area contributed by atoms with Crippen molar-refractivity contribution in [2.75, 3.05) is 33.2 Å². The van der Waals surface area contributed by atoms with Gasteiger partial charge in [0.2, 0.25) is 5.91 Å². The van der Waals surface area contributed by atoms with Crippen molar-refractivity contribution >= 4 is 5.91 Å². The van der Waals surface area contributed by atoms with Gasteiger partial charge in [0.15, 0.2) is 0 Å². The molecule has 0 aromatic heterocycles. The molecule has 1 N–H and O–H groups in total. The molecular weight excluding hydrogens is 286 g/mol. The maximum absolute atomic E-state index is 12.5. The number of hydrogen-bond donors (Lipinski definition) is 1. The van der Waals surface area contributed by atoms with Gasteiger partial charge in [0.1, 0.15) is 0 Å². The third-order valence-corrected chi connectivity index (χ3v) is 5.27. The van der Waals surface area contributed by atoms with Crippen LogP contribution in [0.2, 0.25) is 0 Å².